The Morgan fingerprint density at radius 2 is 2.00 bits per heavy atom. The number of fused-ring (bicyclic) bond motifs is 2. The fourth-order valence-corrected chi connectivity index (χ4v) is 3.09. The Balaban J connectivity index is 1.55. The van der Waals surface area contributed by atoms with Crippen molar-refractivity contribution < 1.29 is 4.74 Å². The lowest BCUT2D eigenvalue weighted by Crippen LogP contribution is -2.18. The molecule has 0 aromatic heterocycles. The Kier molecular flexibility index (Phi) is 2.79. The molecule has 3 unspecified atom stereocenters. The highest BCUT2D eigenvalue weighted by Gasteiger charge is 2.35. The van der Waals surface area contributed by atoms with Gasteiger partial charge in [-0.05, 0) is 54.9 Å². The molecule has 0 heterocycles. The minimum atomic E-state index is 0.825. The van der Waals surface area contributed by atoms with Gasteiger partial charge in [0.25, 0.3) is 0 Å². The molecule has 0 aliphatic heterocycles. The molecule has 0 spiro atoms. The van der Waals surface area contributed by atoms with Gasteiger partial charge in [-0.3, -0.25) is 0 Å². The van der Waals surface area contributed by atoms with Gasteiger partial charge in [0.2, 0.25) is 0 Å². The molecule has 2 nitrogen and oxygen atoms in total. The average molecular weight is 229 g/mol. The molecule has 1 aromatic rings. The minimum Gasteiger partial charge on any atom is -0.497 e. The fraction of sp³-hybridized carbons (Fsp3) is 0.467. The number of ether oxygens (including phenoxy) is 1. The molecule has 2 bridgehead atoms. The van der Waals surface area contributed by atoms with E-state index in [1.807, 2.05) is 12.1 Å². The number of allylic oxidation sites excluding steroid dienone is 2. The number of methoxy groups -OCH3 is 1. The third-order valence-corrected chi connectivity index (χ3v) is 4.07. The summed E-state index contributed by atoms with van der Waals surface area (Å²) in [5.74, 6) is 3.43. The van der Waals surface area contributed by atoms with Crippen molar-refractivity contribution in [2.24, 2.45) is 17.8 Å². The van der Waals surface area contributed by atoms with Crippen molar-refractivity contribution >= 4 is 5.69 Å². The molecule has 1 saturated carbocycles. The predicted molar refractivity (Wildman–Crippen MR) is 70.3 cm³/mol. The third kappa shape index (κ3) is 2.17. The van der Waals surface area contributed by atoms with Crippen LogP contribution in [-0.2, 0) is 0 Å². The summed E-state index contributed by atoms with van der Waals surface area (Å²) in [6.45, 7) is 1.10. The molecule has 3 atom stereocenters. The Hall–Kier alpha value is -1.44. The van der Waals surface area contributed by atoms with Gasteiger partial charge in [-0.15, -0.1) is 0 Å². The summed E-state index contributed by atoms with van der Waals surface area (Å²) in [6, 6.07) is 8.18. The summed E-state index contributed by atoms with van der Waals surface area (Å²) >= 11 is 0. The van der Waals surface area contributed by atoms with Crippen LogP contribution in [0.15, 0.2) is 36.4 Å². The Morgan fingerprint density at radius 3 is 2.59 bits per heavy atom. The van der Waals surface area contributed by atoms with Crippen molar-refractivity contribution in [1.29, 1.82) is 0 Å². The maximum Gasteiger partial charge on any atom is 0.119 e. The third-order valence-electron chi connectivity index (χ3n) is 4.07. The number of benzene rings is 1. The van der Waals surface area contributed by atoms with Crippen molar-refractivity contribution in [3.8, 4) is 5.75 Å². The van der Waals surface area contributed by atoms with E-state index in [1.165, 1.54) is 18.5 Å². The van der Waals surface area contributed by atoms with E-state index in [0.717, 1.165) is 30.0 Å². The second kappa shape index (κ2) is 4.44. The zero-order valence-corrected chi connectivity index (χ0v) is 10.2. The maximum atomic E-state index is 5.15. The summed E-state index contributed by atoms with van der Waals surface area (Å²) in [7, 11) is 1.70. The van der Waals surface area contributed by atoms with Crippen LogP contribution in [0.2, 0.25) is 0 Å². The van der Waals surface area contributed by atoms with Crippen LogP contribution in [0.3, 0.4) is 0 Å². The van der Waals surface area contributed by atoms with E-state index in [1.54, 1.807) is 7.11 Å². The highest BCUT2D eigenvalue weighted by Crippen LogP contribution is 2.43. The van der Waals surface area contributed by atoms with Crippen molar-refractivity contribution in [1.82, 2.24) is 0 Å². The van der Waals surface area contributed by atoms with Crippen LogP contribution in [-0.4, -0.2) is 13.7 Å². The van der Waals surface area contributed by atoms with E-state index < -0.39 is 0 Å². The molecule has 1 aromatic carbocycles. The molecular formula is C15H19NO. The van der Waals surface area contributed by atoms with Crippen LogP contribution >= 0.6 is 0 Å². The molecule has 17 heavy (non-hydrogen) atoms. The van der Waals surface area contributed by atoms with Crippen LogP contribution < -0.4 is 10.1 Å². The van der Waals surface area contributed by atoms with Gasteiger partial charge in [-0.1, -0.05) is 12.2 Å². The van der Waals surface area contributed by atoms with Gasteiger partial charge in [0.15, 0.2) is 0 Å². The van der Waals surface area contributed by atoms with Crippen molar-refractivity contribution in [2.45, 2.75) is 12.8 Å². The smallest absolute Gasteiger partial charge is 0.119 e. The zero-order valence-electron chi connectivity index (χ0n) is 10.2. The van der Waals surface area contributed by atoms with Crippen LogP contribution in [0.1, 0.15) is 12.8 Å². The second-order valence-corrected chi connectivity index (χ2v) is 5.15. The second-order valence-electron chi connectivity index (χ2n) is 5.15. The number of hydrogen-bond acceptors (Lipinski definition) is 2. The quantitative estimate of drug-likeness (QED) is 0.800. The van der Waals surface area contributed by atoms with E-state index in [2.05, 4.69) is 29.6 Å². The lowest BCUT2D eigenvalue weighted by molar-refractivity contribution is 0.415. The monoisotopic (exact) mass is 229 g/mol. The normalized spacial score (nSPS) is 29.6. The van der Waals surface area contributed by atoms with Crippen LogP contribution in [0.4, 0.5) is 5.69 Å². The first kappa shape index (κ1) is 10.7. The average Bonchev–Trinajstić information content (AvgIpc) is 2.99. The first-order valence-electron chi connectivity index (χ1n) is 6.41. The molecule has 2 heteroatoms. The molecule has 0 amide bonds. The van der Waals surface area contributed by atoms with Crippen molar-refractivity contribution in [2.75, 3.05) is 19.0 Å². The first-order valence-corrected chi connectivity index (χ1v) is 6.41. The summed E-state index contributed by atoms with van der Waals surface area (Å²) in [4.78, 5) is 0. The Labute approximate surface area is 103 Å². The molecule has 90 valence electrons. The molecule has 1 N–H and O–H groups in total. The predicted octanol–water partition coefficient (Wildman–Crippen LogP) is 3.32. The minimum absolute atomic E-state index is 0.825. The standard InChI is InChI=1S/C15H19NO/c1-17-15-6-4-14(5-7-15)16-10-13-9-11-2-3-12(13)8-11/h2-7,11-13,16H,8-10H2,1H3. The van der Waals surface area contributed by atoms with Gasteiger partial charge in [-0.25, -0.2) is 0 Å². The van der Waals surface area contributed by atoms with Crippen LogP contribution in [0.5, 0.6) is 5.75 Å². The summed E-state index contributed by atoms with van der Waals surface area (Å²) in [5.41, 5.74) is 1.19. The zero-order chi connectivity index (χ0) is 11.7. The van der Waals surface area contributed by atoms with E-state index in [9.17, 15) is 0 Å². The van der Waals surface area contributed by atoms with E-state index in [4.69, 9.17) is 4.74 Å². The lowest BCUT2D eigenvalue weighted by atomic mass is 9.93. The van der Waals surface area contributed by atoms with Crippen molar-refractivity contribution in [3.63, 3.8) is 0 Å². The fourth-order valence-electron chi connectivity index (χ4n) is 3.09. The van der Waals surface area contributed by atoms with Gasteiger partial charge in [-0.2, -0.15) is 0 Å². The molecule has 2 aliphatic rings. The maximum absolute atomic E-state index is 5.15. The molecule has 1 fully saturated rings. The van der Waals surface area contributed by atoms with Crippen LogP contribution in [0.25, 0.3) is 0 Å². The van der Waals surface area contributed by atoms with E-state index in [0.29, 0.717) is 0 Å². The SMILES string of the molecule is COc1ccc(NCC2CC3C=CC2C3)cc1. The highest BCUT2D eigenvalue weighted by molar-refractivity contribution is 5.46. The number of rotatable bonds is 4. The topological polar surface area (TPSA) is 21.3 Å². The number of hydrogen-bond donors (Lipinski definition) is 1. The Bertz CT molecular complexity index is 409. The molecule has 2 aliphatic carbocycles. The number of anilines is 1. The van der Waals surface area contributed by atoms with Crippen LogP contribution in [0, 0.1) is 17.8 Å². The summed E-state index contributed by atoms with van der Waals surface area (Å²) in [5, 5.41) is 3.53. The molecule has 3 rings (SSSR count). The summed E-state index contributed by atoms with van der Waals surface area (Å²) < 4.78 is 5.15. The van der Waals surface area contributed by atoms with Gasteiger partial charge in [0, 0.05) is 12.2 Å². The summed E-state index contributed by atoms with van der Waals surface area (Å²) in [6.07, 6.45) is 7.56. The Morgan fingerprint density at radius 1 is 1.18 bits per heavy atom. The molecule has 0 saturated heterocycles. The lowest BCUT2D eigenvalue weighted by Gasteiger charge is -2.19. The van der Waals surface area contributed by atoms with E-state index >= 15 is 0 Å². The van der Waals surface area contributed by atoms with Gasteiger partial charge in [0.05, 0.1) is 7.11 Å². The highest BCUT2D eigenvalue weighted by atomic mass is 16.5. The van der Waals surface area contributed by atoms with Crippen molar-refractivity contribution in [3.05, 3.63) is 36.4 Å². The largest absolute Gasteiger partial charge is 0.497 e. The van der Waals surface area contributed by atoms with Gasteiger partial charge >= 0.3 is 0 Å². The number of nitrogens with one attached hydrogen (secondary N) is 1. The van der Waals surface area contributed by atoms with Gasteiger partial charge < -0.3 is 10.1 Å². The van der Waals surface area contributed by atoms with Gasteiger partial charge in [0.1, 0.15) is 5.75 Å². The molecule has 0 radical (unpaired) electrons. The molecular weight excluding hydrogens is 210 g/mol. The van der Waals surface area contributed by atoms with E-state index in [-0.39, 0.29) is 0 Å². The first-order chi connectivity index (χ1) is 8.35.